The van der Waals surface area contributed by atoms with Gasteiger partial charge >= 0.3 is 5.97 Å². The number of fused-ring (bicyclic) bond motifs is 2. The maximum Gasteiger partial charge on any atom is 0.311 e. The highest BCUT2D eigenvalue weighted by atomic mass is 79.9. The maximum atomic E-state index is 13.3. The molecular weight excluding hydrogens is 542 g/mol. The van der Waals surface area contributed by atoms with Crippen molar-refractivity contribution in [2.75, 3.05) is 13.7 Å². The van der Waals surface area contributed by atoms with Gasteiger partial charge < -0.3 is 13.9 Å². The molecule has 0 aliphatic carbocycles. The molecule has 2 heterocycles. The van der Waals surface area contributed by atoms with Gasteiger partial charge in [-0.15, -0.1) is 0 Å². The van der Waals surface area contributed by atoms with E-state index in [1.165, 1.54) is 7.11 Å². The van der Waals surface area contributed by atoms with Crippen LogP contribution in [-0.4, -0.2) is 36.3 Å². The molecule has 1 aliphatic rings. The lowest BCUT2D eigenvalue weighted by Crippen LogP contribution is -2.31. The summed E-state index contributed by atoms with van der Waals surface area (Å²) in [5.41, 5.74) is 1.06. The van der Waals surface area contributed by atoms with Crippen LogP contribution in [0.5, 0.6) is 11.5 Å². The summed E-state index contributed by atoms with van der Waals surface area (Å²) in [6, 6.07) is 18.4. The third kappa shape index (κ3) is 4.53. The van der Waals surface area contributed by atoms with Gasteiger partial charge in [0, 0.05) is 18.5 Å². The number of amides is 2. The molecule has 0 saturated heterocycles. The van der Waals surface area contributed by atoms with E-state index in [-0.39, 0.29) is 36.3 Å². The Balaban J connectivity index is 1.37. The molecule has 0 atom stereocenters. The number of hydrogen-bond donors (Lipinski definition) is 0. The van der Waals surface area contributed by atoms with Crippen molar-refractivity contribution in [3.05, 3.63) is 92.6 Å². The van der Waals surface area contributed by atoms with Crippen molar-refractivity contribution < 1.29 is 28.3 Å². The lowest BCUT2D eigenvalue weighted by atomic mass is 10.1. The van der Waals surface area contributed by atoms with Gasteiger partial charge in [0.25, 0.3) is 11.8 Å². The summed E-state index contributed by atoms with van der Waals surface area (Å²) in [5.74, 6) is -1.03. The summed E-state index contributed by atoms with van der Waals surface area (Å²) in [7, 11) is 1.53. The first kappa shape index (κ1) is 24.5. The van der Waals surface area contributed by atoms with Gasteiger partial charge in [0.15, 0.2) is 5.76 Å². The first-order valence-electron chi connectivity index (χ1n) is 11.4. The predicted molar refractivity (Wildman–Crippen MR) is 139 cm³/mol. The highest BCUT2D eigenvalue weighted by Gasteiger charge is 2.34. The fourth-order valence-corrected chi connectivity index (χ4v) is 4.74. The van der Waals surface area contributed by atoms with Crippen molar-refractivity contribution in [3.8, 4) is 22.8 Å². The topological polar surface area (TPSA) is 103 Å². The molecule has 0 spiro atoms. The second-order valence-electron chi connectivity index (χ2n) is 8.32. The molecule has 8 nitrogen and oxygen atoms in total. The van der Waals surface area contributed by atoms with Crippen molar-refractivity contribution in [2.45, 2.75) is 12.8 Å². The average molecular weight is 562 g/mol. The number of para-hydroxylation sites is 1. The van der Waals surface area contributed by atoms with Gasteiger partial charge in [-0.3, -0.25) is 24.1 Å². The van der Waals surface area contributed by atoms with Crippen LogP contribution in [0.2, 0.25) is 0 Å². The number of benzene rings is 3. The molecular formula is C28H20BrNO7. The van der Waals surface area contributed by atoms with Crippen LogP contribution >= 0.6 is 15.9 Å². The molecule has 0 bridgehead atoms. The fourth-order valence-electron chi connectivity index (χ4n) is 4.20. The van der Waals surface area contributed by atoms with E-state index < -0.39 is 23.2 Å². The van der Waals surface area contributed by atoms with Gasteiger partial charge in [0.2, 0.25) is 11.2 Å². The largest absolute Gasteiger partial charge is 0.496 e. The number of nitrogens with zero attached hydrogens (tertiary/aromatic N) is 1. The van der Waals surface area contributed by atoms with E-state index >= 15 is 0 Å². The van der Waals surface area contributed by atoms with Crippen molar-refractivity contribution in [1.82, 2.24) is 4.90 Å². The average Bonchev–Trinajstić information content (AvgIpc) is 3.15. The molecule has 9 heteroatoms. The quantitative estimate of drug-likeness (QED) is 0.225. The molecule has 37 heavy (non-hydrogen) atoms. The lowest BCUT2D eigenvalue weighted by molar-refractivity contribution is -0.134. The van der Waals surface area contributed by atoms with Crippen LogP contribution in [-0.2, 0) is 4.79 Å². The Kier molecular flexibility index (Phi) is 6.62. The molecule has 5 rings (SSSR count). The first-order chi connectivity index (χ1) is 17.9. The van der Waals surface area contributed by atoms with E-state index in [1.54, 1.807) is 66.7 Å². The second-order valence-corrected chi connectivity index (χ2v) is 9.17. The summed E-state index contributed by atoms with van der Waals surface area (Å²) in [6.45, 7) is 0.0477. The summed E-state index contributed by atoms with van der Waals surface area (Å²) >= 11 is 3.42. The smallest absolute Gasteiger partial charge is 0.311 e. The third-order valence-corrected chi connectivity index (χ3v) is 6.65. The Morgan fingerprint density at radius 1 is 0.946 bits per heavy atom. The maximum absolute atomic E-state index is 13.3. The van der Waals surface area contributed by atoms with E-state index in [9.17, 15) is 19.2 Å². The van der Waals surface area contributed by atoms with Crippen LogP contribution in [0.1, 0.15) is 33.6 Å². The van der Waals surface area contributed by atoms with E-state index in [4.69, 9.17) is 13.9 Å². The van der Waals surface area contributed by atoms with Crippen LogP contribution in [0.25, 0.3) is 22.3 Å². The second kappa shape index (κ2) is 10.0. The molecule has 1 aliphatic heterocycles. The van der Waals surface area contributed by atoms with Crippen LogP contribution in [0.15, 0.2) is 80.4 Å². The van der Waals surface area contributed by atoms with Gasteiger partial charge in [0.1, 0.15) is 11.3 Å². The molecule has 4 aromatic rings. The third-order valence-electron chi connectivity index (χ3n) is 6.03. The fraction of sp³-hybridized carbons (Fsp3) is 0.143. The van der Waals surface area contributed by atoms with Crippen molar-refractivity contribution >= 4 is 44.7 Å². The Bertz CT molecular complexity index is 1590. The van der Waals surface area contributed by atoms with Gasteiger partial charge in [-0.05, 0) is 64.8 Å². The zero-order chi connectivity index (χ0) is 26.1. The Morgan fingerprint density at radius 2 is 1.62 bits per heavy atom. The van der Waals surface area contributed by atoms with Crippen LogP contribution in [0, 0.1) is 0 Å². The Hall–Kier alpha value is -4.24. The molecule has 0 unspecified atom stereocenters. The monoisotopic (exact) mass is 561 g/mol. The lowest BCUT2D eigenvalue weighted by Gasteiger charge is -2.14. The van der Waals surface area contributed by atoms with E-state index in [1.807, 2.05) is 0 Å². The number of ether oxygens (including phenoxy) is 2. The number of hydrogen-bond acceptors (Lipinski definition) is 7. The van der Waals surface area contributed by atoms with Crippen LogP contribution in [0.3, 0.4) is 0 Å². The zero-order valence-electron chi connectivity index (χ0n) is 19.7. The summed E-state index contributed by atoms with van der Waals surface area (Å²) in [6.07, 6.45) is 0.0536. The molecule has 0 N–H and O–H groups in total. The number of carbonyl (C=O) groups excluding carboxylic acids is 3. The van der Waals surface area contributed by atoms with E-state index in [0.29, 0.717) is 32.5 Å². The van der Waals surface area contributed by atoms with Crippen molar-refractivity contribution in [3.63, 3.8) is 0 Å². The number of imide groups is 1. The predicted octanol–water partition coefficient (Wildman–Crippen LogP) is 5.21. The first-order valence-corrected chi connectivity index (χ1v) is 12.2. The van der Waals surface area contributed by atoms with Gasteiger partial charge in [-0.1, -0.05) is 24.3 Å². The highest BCUT2D eigenvalue weighted by Crippen LogP contribution is 2.35. The standard InChI is InChI=1S/C28H20BrNO7/c1-35-22-13-12-16(15-20(22)29)25-26(24(32)19-9-4-5-10-21(19)36-25)37-23(31)11-6-14-30-27(33)17-7-2-3-8-18(17)28(30)34/h2-5,7-10,12-13,15H,6,11,14H2,1H3. The molecule has 0 radical (unpaired) electrons. The van der Waals surface area contributed by atoms with Gasteiger partial charge in [-0.25, -0.2) is 0 Å². The molecule has 3 aromatic carbocycles. The minimum Gasteiger partial charge on any atom is -0.496 e. The minimum absolute atomic E-state index is 0.0477. The van der Waals surface area contributed by atoms with Crippen LogP contribution < -0.4 is 14.9 Å². The number of carbonyl (C=O) groups is 3. The number of halogens is 1. The summed E-state index contributed by atoms with van der Waals surface area (Å²) in [5, 5.41) is 0.271. The molecule has 186 valence electrons. The number of rotatable bonds is 7. The number of esters is 1. The van der Waals surface area contributed by atoms with Crippen molar-refractivity contribution in [2.24, 2.45) is 0 Å². The SMILES string of the molecule is COc1ccc(-c2oc3ccccc3c(=O)c2OC(=O)CCCN2C(=O)c3ccccc3C2=O)cc1Br. The minimum atomic E-state index is -0.687. The van der Waals surface area contributed by atoms with Gasteiger partial charge in [0.05, 0.1) is 28.1 Å². The number of methoxy groups -OCH3 is 1. The summed E-state index contributed by atoms with van der Waals surface area (Å²) in [4.78, 5) is 52.3. The zero-order valence-corrected chi connectivity index (χ0v) is 21.2. The Morgan fingerprint density at radius 3 is 2.30 bits per heavy atom. The Labute approximate surface area is 219 Å². The molecule has 0 saturated carbocycles. The molecule has 1 aromatic heterocycles. The molecule has 2 amide bonds. The normalized spacial score (nSPS) is 12.6. The van der Waals surface area contributed by atoms with Gasteiger partial charge in [-0.2, -0.15) is 0 Å². The molecule has 0 fully saturated rings. The highest BCUT2D eigenvalue weighted by molar-refractivity contribution is 9.10. The van der Waals surface area contributed by atoms with E-state index in [0.717, 1.165) is 4.90 Å². The van der Waals surface area contributed by atoms with Crippen LogP contribution in [0.4, 0.5) is 0 Å². The summed E-state index contributed by atoms with van der Waals surface area (Å²) < 4.78 is 17.4. The van der Waals surface area contributed by atoms with E-state index in [2.05, 4.69) is 15.9 Å². The van der Waals surface area contributed by atoms with Crippen molar-refractivity contribution in [1.29, 1.82) is 0 Å².